The van der Waals surface area contributed by atoms with E-state index >= 15 is 0 Å². The lowest BCUT2D eigenvalue weighted by atomic mass is 10.00. The molecule has 0 aliphatic carbocycles. The van der Waals surface area contributed by atoms with Crippen LogP contribution in [0, 0.1) is 5.82 Å². The highest BCUT2D eigenvalue weighted by molar-refractivity contribution is 5.27. The van der Waals surface area contributed by atoms with E-state index in [9.17, 15) is 4.39 Å². The lowest BCUT2D eigenvalue weighted by Crippen LogP contribution is -2.19. The molecule has 0 aliphatic rings. The molecule has 0 saturated carbocycles. The molecule has 2 aromatic carbocycles. The van der Waals surface area contributed by atoms with Gasteiger partial charge in [0.2, 0.25) is 0 Å². The summed E-state index contributed by atoms with van der Waals surface area (Å²) in [5.74, 6) is 0.695. The topological polar surface area (TPSA) is 35.2 Å². The molecular weight excluding hydrogens is 253 g/mol. The van der Waals surface area contributed by atoms with Crippen LogP contribution in [-0.4, -0.2) is 6.61 Å². The molecule has 2 N–H and O–H groups in total. The van der Waals surface area contributed by atoms with Crippen molar-refractivity contribution in [1.29, 1.82) is 0 Å². The van der Waals surface area contributed by atoms with Crippen molar-refractivity contribution in [3.63, 3.8) is 0 Å². The van der Waals surface area contributed by atoms with Gasteiger partial charge in [0.1, 0.15) is 18.2 Å². The Labute approximate surface area is 119 Å². The zero-order chi connectivity index (χ0) is 14.5. The molecule has 2 aromatic rings. The predicted octanol–water partition coefficient (Wildman–Crippen LogP) is 4.03. The van der Waals surface area contributed by atoms with Crippen molar-refractivity contribution in [2.45, 2.75) is 25.8 Å². The van der Waals surface area contributed by atoms with Crippen LogP contribution < -0.4 is 10.5 Å². The molecule has 0 fully saturated rings. The Kier molecular flexibility index (Phi) is 4.74. The minimum Gasteiger partial charge on any atom is -0.492 e. The van der Waals surface area contributed by atoms with Gasteiger partial charge in [-0.15, -0.1) is 0 Å². The van der Waals surface area contributed by atoms with E-state index in [1.54, 1.807) is 12.1 Å². The van der Waals surface area contributed by atoms with Crippen molar-refractivity contribution < 1.29 is 9.13 Å². The first-order valence-electron chi connectivity index (χ1n) is 6.80. The monoisotopic (exact) mass is 273 g/mol. The summed E-state index contributed by atoms with van der Waals surface area (Å²) in [7, 11) is 0. The second kappa shape index (κ2) is 6.53. The first-order chi connectivity index (χ1) is 9.56. The van der Waals surface area contributed by atoms with E-state index in [1.807, 2.05) is 12.1 Å². The molecular formula is C17H20FNO. The Hall–Kier alpha value is -1.87. The number of rotatable bonds is 5. The van der Waals surface area contributed by atoms with Gasteiger partial charge < -0.3 is 10.5 Å². The molecule has 1 unspecified atom stereocenters. The van der Waals surface area contributed by atoms with Crippen LogP contribution in [0.5, 0.6) is 5.75 Å². The van der Waals surface area contributed by atoms with E-state index in [1.165, 1.54) is 17.7 Å². The number of hydrogen-bond donors (Lipinski definition) is 1. The smallest absolute Gasteiger partial charge is 0.126 e. The van der Waals surface area contributed by atoms with E-state index in [0.717, 1.165) is 5.56 Å². The van der Waals surface area contributed by atoms with Crippen LogP contribution in [0.3, 0.4) is 0 Å². The zero-order valence-electron chi connectivity index (χ0n) is 11.8. The van der Waals surface area contributed by atoms with Gasteiger partial charge in [-0.2, -0.15) is 0 Å². The van der Waals surface area contributed by atoms with Crippen LogP contribution in [0.1, 0.15) is 36.9 Å². The fourth-order valence-corrected chi connectivity index (χ4v) is 1.97. The van der Waals surface area contributed by atoms with E-state index in [0.29, 0.717) is 18.3 Å². The summed E-state index contributed by atoms with van der Waals surface area (Å²) in [6.07, 6.45) is 0. The second-order valence-electron chi connectivity index (χ2n) is 5.20. The minimum atomic E-state index is -0.308. The summed E-state index contributed by atoms with van der Waals surface area (Å²) < 4.78 is 18.5. The van der Waals surface area contributed by atoms with Crippen LogP contribution in [0.4, 0.5) is 4.39 Å². The molecule has 0 spiro atoms. The van der Waals surface area contributed by atoms with Gasteiger partial charge in [0.15, 0.2) is 0 Å². The zero-order valence-corrected chi connectivity index (χ0v) is 11.8. The maximum Gasteiger partial charge on any atom is 0.126 e. The van der Waals surface area contributed by atoms with Gasteiger partial charge in [0.05, 0.1) is 6.04 Å². The normalized spacial score (nSPS) is 12.4. The third kappa shape index (κ3) is 3.81. The fraction of sp³-hybridized carbons (Fsp3) is 0.294. The van der Waals surface area contributed by atoms with Gasteiger partial charge in [-0.3, -0.25) is 0 Å². The molecule has 0 radical (unpaired) electrons. The Balaban J connectivity index is 1.96. The molecule has 2 rings (SSSR count). The van der Waals surface area contributed by atoms with Crippen molar-refractivity contribution in [1.82, 2.24) is 0 Å². The maximum atomic E-state index is 13.0. The molecule has 106 valence electrons. The molecule has 0 bridgehead atoms. The first-order valence-corrected chi connectivity index (χ1v) is 6.80. The van der Waals surface area contributed by atoms with Crippen LogP contribution in [-0.2, 0) is 0 Å². The minimum absolute atomic E-state index is 0.223. The average Bonchev–Trinajstić information content (AvgIpc) is 2.45. The van der Waals surface area contributed by atoms with Gasteiger partial charge in [-0.05, 0) is 29.2 Å². The molecule has 0 aliphatic heterocycles. The summed E-state index contributed by atoms with van der Waals surface area (Å²) >= 11 is 0. The highest BCUT2D eigenvalue weighted by Crippen LogP contribution is 2.19. The van der Waals surface area contributed by atoms with Gasteiger partial charge in [-0.1, -0.05) is 44.2 Å². The number of benzene rings is 2. The lowest BCUT2D eigenvalue weighted by Gasteiger charge is -2.15. The maximum absolute atomic E-state index is 13.0. The Morgan fingerprint density at radius 2 is 1.70 bits per heavy atom. The van der Waals surface area contributed by atoms with Crippen molar-refractivity contribution in [2.75, 3.05) is 6.61 Å². The van der Waals surface area contributed by atoms with Gasteiger partial charge in [0.25, 0.3) is 0 Å². The Bertz CT molecular complexity index is 551. The van der Waals surface area contributed by atoms with Crippen molar-refractivity contribution in [3.8, 4) is 5.75 Å². The van der Waals surface area contributed by atoms with E-state index < -0.39 is 0 Å². The molecule has 0 heterocycles. The van der Waals surface area contributed by atoms with E-state index in [2.05, 4.69) is 26.0 Å². The highest BCUT2D eigenvalue weighted by Gasteiger charge is 2.08. The quantitative estimate of drug-likeness (QED) is 0.892. The van der Waals surface area contributed by atoms with Crippen LogP contribution in [0.25, 0.3) is 0 Å². The predicted molar refractivity (Wildman–Crippen MR) is 79.4 cm³/mol. The van der Waals surface area contributed by atoms with Crippen molar-refractivity contribution >= 4 is 0 Å². The molecule has 0 aromatic heterocycles. The number of halogens is 1. The van der Waals surface area contributed by atoms with E-state index in [-0.39, 0.29) is 11.9 Å². The standard InChI is InChI=1S/C17H20FNO/c1-12(2)13-6-8-14(9-7-13)17(19)11-20-16-5-3-4-15(18)10-16/h3-10,12,17H,11,19H2,1-2H3. The highest BCUT2D eigenvalue weighted by atomic mass is 19.1. The molecule has 0 saturated heterocycles. The van der Waals surface area contributed by atoms with Gasteiger partial charge in [0, 0.05) is 6.07 Å². The fourth-order valence-electron chi connectivity index (χ4n) is 1.97. The third-order valence-electron chi connectivity index (χ3n) is 3.26. The van der Waals surface area contributed by atoms with Crippen molar-refractivity contribution in [3.05, 3.63) is 65.5 Å². The largest absolute Gasteiger partial charge is 0.492 e. The number of hydrogen-bond acceptors (Lipinski definition) is 2. The van der Waals surface area contributed by atoms with Crippen molar-refractivity contribution in [2.24, 2.45) is 5.73 Å². The molecule has 3 heteroatoms. The summed E-state index contributed by atoms with van der Waals surface area (Å²) in [6.45, 7) is 4.63. The number of nitrogens with two attached hydrogens (primary N) is 1. The molecule has 1 atom stereocenters. The van der Waals surface area contributed by atoms with E-state index in [4.69, 9.17) is 10.5 Å². The van der Waals surface area contributed by atoms with Gasteiger partial charge >= 0.3 is 0 Å². The summed E-state index contributed by atoms with van der Waals surface area (Å²) in [4.78, 5) is 0. The Morgan fingerprint density at radius 1 is 1.05 bits per heavy atom. The van der Waals surface area contributed by atoms with Crippen LogP contribution >= 0.6 is 0 Å². The first kappa shape index (κ1) is 14.5. The molecule has 0 amide bonds. The summed E-state index contributed by atoms with van der Waals surface area (Å²) in [5, 5.41) is 0. The number of ether oxygens (including phenoxy) is 1. The lowest BCUT2D eigenvalue weighted by molar-refractivity contribution is 0.289. The van der Waals surface area contributed by atoms with Crippen LogP contribution in [0.2, 0.25) is 0 Å². The van der Waals surface area contributed by atoms with Gasteiger partial charge in [-0.25, -0.2) is 4.39 Å². The average molecular weight is 273 g/mol. The second-order valence-corrected chi connectivity index (χ2v) is 5.20. The Morgan fingerprint density at radius 3 is 2.30 bits per heavy atom. The van der Waals surface area contributed by atoms with Crippen LogP contribution in [0.15, 0.2) is 48.5 Å². The molecule has 20 heavy (non-hydrogen) atoms. The SMILES string of the molecule is CC(C)c1ccc(C(N)COc2cccc(F)c2)cc1. The molecule has 2 nitrogen and oxygen atoms in total. The summed E-state index contributed by atoms with van der Waals surface area (Å²) in [6, 6.07) is 14.1. The summed E-state index contributed by atoms with van der Waals surface area (Å²) in [5.41, 5.74) is 8.39. The third-order valence-corrected chi connectivity index (χ3v) is 3.26.